The van der Waals surface area contributed by atoms with Crippen molar-refractivity contribution in [3.8, 4) is 0 Å². The Morgan fingerprint density at radius 1 is 1.73 bits per heavy atom. The molecule has 0 atom stereocenters. The second-order valence-corrected chi connectivity index (χ2v) is 3.90. The van der Waals surface area contributed by atoms with Crippen LogP contribution in [0.3, 0.4) is 0 Å². The van der Waals surface area contributed by atoms with Gasteiger partial charge in [0.1, 0.15) is 0 Å². The van der Waals surface area contributed by atoms with Gasteiger partial charge in [-0.2, -0.15) is 0 Å². The van der Waals surface area contributed by atoms with Crippen molar-refractivity contribution >= 4 is 34.0 Å². The van der Waals surface area contributed by atoms with Gasteiger partial charge >= 0.3 is 0 Å². The molecular weight excluding hydrogens is 236 g/mol. The third-order valence-electron chi connectivity index (χ3n) is 1.61. The largest absolute Gasteiger partial charge is 0.381 e. The fraction of sp³-hybridized carbons (Fsp3) is 0.556. The number of nitrogens with zero attached hydrogens (tertiary/aromatic N) is 1. The number of halogens is 1. The van der Waals surface area contributed by atoms with Crippen LogP contribution in [-0.2, 0) is 15.4 Å². The van der Waals surface area contributed by atoms with Crippen LogP contribution in [0.5, 0.6) is 0 Å². The Kier molecular flexibility index (Phi) is 5.60. The first-order valence-corrected chi connectivity index (χ1v) is 6.05. The highest BCUT2D eigenvalue weighted by atomic mass is 35.5. The lowest BCUT2D eigenvalue weighted by Crippen LogP contribution is -2.13. The first-order valence-electron chi connectivity index (χ1n) is 4.64. The molecule has 0 aliphatic carbocycles. The molecule has 4 nitrogen and oxygen atoms in total. The molecule has 84 valence electrons. The van der Waals surface area contributed by atoms with E-state index in [0.29, 0.717) is 30.6 Å². The zero-order chi connectivity index (χ0) is 11.1. The molecule has 0 aromatic carbocycles. The Morgan fingerprint density at radius 2 is 2.53 bits per heavy atom. The van der Waals surface area contributed by atoms with E-state index in [2.05, 4.69) is 10.3 Å². The summed E-state index contributed by atoms with van der Waals surface area (Å²) >= 11 is 6.96. The molecule has 0 radical (unpaired) electrons. The topological polar surface area (TPSA) is 51.2 Å². The van der Waals surface area contributed by atoms with Gasteiger partial charge in [-0.15, -0.1) is 22.9 Å². The summed E-state index contributed by atoms with van der Waals surface area (Å²) < 4.78 is 5.07. The van der Waals surface area contributed by atoms with Crippen molar-refractivity contribution in [2.24, 2.45) is 0 Å². The Bertz CT molecular complexity index is 317. The molecule has 1 amide bonds. The number of rotatable bonds is 6. The number of carbonyl (C=O) groups is 1. The van der Waals surface area contributed by atoms with E-state index in [-0.39, 0.29) is 5.91 Å². The molecule has 0 saturated heterocycles. The monoisotopic (exact) mass is 248 g/mol. The summed E-state index contributed by atoms with van der Waals surface area (Å²) in [4.78, 5) is 15.4. The summed E-state index contributed by atoms with van der Waals surface area (Å²) in [5.41, 5.74) is 0.779. The molecule has 0 fully saturated rings. The second kappa shape index (κ2) is 6.76. The van der Waals surface area contributed by atoms with Crippen molar-refractivity contribution in [2.45, 2.75) is 19.2 Å². The van der Waals surface area contributed by atoms with Gasteiger partial charge in [0.25, 0.3) is 0 Å². The lowest BCUT2D eigenvalue weighted by molar-refractivity contribution is -0.117. The van der Waals surface area contributed by atoms with Crippen molar-refractivity contribution in [1.82, 2.24) is 4.98 Å². The maximum Gasteiger partial charge on any atom is 0.228 e. The van der Waals surface area contributed by atoms with E-state index in [0.717, 1.165) is 5.69 Å². The molecule has 0 saturated carbocycles. The lowest BCUT2D eigenvalue weighted by atomic mass is 10.4. The fourth-order valence-electron chi connectivity index (χ4n) is 0.917. The number of hydrogen-bond donors (Lipinski definition) is 1. The van der Waals surface area contributed by atoms with Crippen LogP contribution < -0.4 is 5.32 Å². The number of carbonyl (C=O) groups excluding carboxylic acids is 1. The first kappa shape index (κ1) is 12.4. The Hall–Kier alpha value is -0.650. The molecule has 6 heteroatoms. The third-order valence-corrected chi connectivity index (χ3v) is 2.69. The summed E-state index contributed by atoms with van der Waals surface area (Å²) in [6, 6.07) is 0. The minimum atomic E-state index is -0.0843. The standard InChI is InChI=1S/C9H13ClN2O2S/c1-2-14-4-3-8(13)12-9-11-7(5-10)6-15-9/h6H,2-5H2,1H3,(H,11,12,13). The summed E-state index contributed by atoms with van der Waals surface area (Å²) in [5, 5.41) is 5.10. The summed E-state index contributed by atoms with van der Waals surface area (Å²) in [6.07, 6.45) is 0.351. The van der Waals surface area contributed by atoms with Gasteiger partial charge in [0.05, 0.1) is 24.6 Å². The highest BCUT2D eigenvalue weighted by Gasteiger charge is 2.05. The molecule has 0 bridgehead atoms. The Labute approximate surface area is 97.6 Å². The summed E-state index contributed by atoms with van der Waals surface area (Å²) in [5.74, 6) is 0.282. The zero-order valence-corrected chi connectivity index (χ0v) is 10.0. The van der Waals surface area contributed by atoms with Crippen LogP contribution in [0.4, 0.5) is 5.13 Å². The number of thiazole rings is 1. The molecule has 1 aromatic heterocycles. The molecular formula is C9H13ClN2O2S. The van der Waals surface area contributed by atoms with Crippen LogP contribution in [0.15, 0.2) is 5.38 Å². The summed E-state index contributed by atoms with van der Waals surface area (Å²) in [6.45, 7) is 2.96. The van der Waals surface area contributed by atoms with E-state index in [9.17, 15) is 4.79 Å². The Morgan fingerprint density at radius 3 is 3.13 bits per heavy atom. The summed E-state index contributed by atoms with van der Waals surface area (Å²) in [7, 11) is 0. The van der Waals surface area contributed by atoms with E-state index >= 15 is 0 Å². The molecule has 0 aliphatic heterocycles. The fourth-order valence-corrected chi connectivity index (χ4v) is 1.87. The zero-order valence-electron chi connectivity index (χ0n) is 8.46. The van der Waals surface area contributed by atoms with Crippen LogP contribution in [0.2, 0.25) is 0 Å². The quantitative estimate of drug-likeness (QED) is 0.621. The minimum absolute atomic E-state index is 0.0843. The van der Waals surface area contributed by atoms with Gasteiger partial charge in [0, 0.05) is 12.0 Å². The average molecular weight is 249 g/mol. The van der Waals surface area contributed by atoms with Gasteiger partial charge in [0.2, 0.25) is 5.91 Å². The first-order chi connectivity index (χ1) is 7.26. The van der Waals surface area contributed by atoms with E-state index in [1.165, 1.54) is 11.3 Å². The van der Waals surface area contributed by atoms with Crippen molar-refractivity contribution in [1.29, 1.82) is 0 Å². The van der Waals surface area contributed by atoms with Crippen LogP contribution in [0, 0.1) is 0 Å². The van der Waals surface area contributed by atoms with Crippen molar-refractivity contribution in [3.05, 3.63) is 11.1 Å². The van der Waals surface area contributed by atoms with Gasteiger partial charge in [-0.3, -0.25) is 4.79 Å². The highest BCUT2D eigenvalue weighted by Crippen LogP contribution is 2.16. The van der Waals surface area contributed by atoms with E-state index < -0.39 is 0 Å². The van der Waals surface area contributed by atoms with Crippen LogP contribution >= 0.6 is 22.9 Å². The molecule has 1 aromatic rings. The van der Waals surface area contributed by atoms with Crippen LogP contribution in [0.1, 0.15) is 19.0 Å². The van der Waals surface area contributed by atoms with Crippen molar-refractivity contribution in [2.75, 3.05) is 18.5 Å². The highest BCUT2D eigenvalue weighted by molar-refractivity contribution is 7.13. The number of anilines is 1. The Balaban J connectivity index is 2.31. The number of alkyl halides is 1. The van der Waals surface area contributed by atoms with Crippen LogP contribution in [-0.4, -0.2) is 24.1 Å². The average Bonchev–Trinajstić information content (AvgIpc) is 2.66. The molecule has 0 aliphatic rings. The third kappa shape index (κ3) is 4.59. The normalized spacial score (nSPS) is 10.3. The maximum atomic E-state index is 11.3. The molecule has 0 spiro atoms. The predicted octanol–water partition coefficient (Wildman–Crippen LogP) is 2.25. The minimum Gasteiger partial charge on any atom is -0.381 e. The maximum absolute atomic E-state index is 11.3. The lowest BCUT2D eigenvalue weighted by Gasteiger charge is -2.01. The molecule has 15 heavy (non-hydrogen) atoms. The number of nitrogens with one attached hydrogen (secondary N) is 1. The van der Waals surface area contributed by atoms with Crippen molar-refractivity contribution in [3.63, 3.8) is 0 Å². The van der Waals surface area contributed by atoms with Gasteiger partial charge in [-0.25, -0.2) is 4.98 Å². The molecule has 1 heterocycles. The van der Waals surface area contributed by atoms with Gasteiger partial charge < -0.3 is 10.1 Å². The van der Waals surface area contributed by atoms with Crippen LogP contribution in [0.25, 0.3) is 0 Å². The number of amides is 1. The predicted molar refractivity (Wildman–Crippen MR) is 61.4 cm³/mol. The SMILES string of the molecule is CCOCCC(=O)Nc1nc(CCl)cs1. The van der Waals surface area contributed by atoms with Gasteiger partial charge in [-0.1, -0.05) is 0 Å². The smallest absolute Gasteiger partial charge is 0.228 e. The van der Waals surface area contributed by atoms with Gasteiger partial charge in [-0.05, 0) is 6.92 Å². The van der Waals surface area contributed by atoms with E-state index in [1.54, 1.807) is 0 Å². The van der Waals surface area contributed by atoms with E-state index in [1.807, 2.05) is 12.3 Å². The number of aromatic nitrogens is 1. The molecule has 1 rings (SSSR count). The number of ether oxygens (including phenoxy) is 1. The van der Waals surface area contributed by atoms with E-state index in [4.69, 9.17) is 16.3 Å². The number of hydrogen-bond acceptors (Lipinski definition) is 4. The second-order valence-electron chi connectivity index (χ2n) is 2.77. The molecule has 0 unspecified atom stereocenters. The van der Waals surface area contributed by atoms with Gasteiger partial charge in [0.15, 0.2) is 5.13 Å². The molecule has 1 N–H and O–H groups in total. The van der Waals surface area contributed by atoms with Crippen molar-refractivity contribution < 1.29 is 9.53 Å².